The van der Waals surface area contributed by atoms with Crippen molar-refractivity contribution in [2.45, 2.75) is 32.7 Å². The van der Waals surface area contributed by atoms with Crippen molar-refractivity contribution < 1.29 is 28.3 Å². The van der Waals surface area contributed by atoms with Gasteiger partial charge >= 0.3 is 7.60 Å². The van der Waals surface area contributed by atoms with Gasteiger partial charge in [-0.15, -0.1) is 0 Å². The molecule has 126 valence electrons. The molecule has 2 rings (SSSR count). The Kier molecular flexibility index (Phi) is 5.37. The maximum Gasteiger partial charge on any atom is 0.360 e. The molecule has 7 nitrogen and oxygen atoms in total. The van der Waals surface area contributed by atoms with Gasteiger partial charge in [-0.3, -0.25) is 19.1 Å². The van der Waals surface area contributed by atoms with E-state index in [1.165, 1.54) is 6.92 Å². The van der Waals surface area contributed by atoms with E-state index in [4.69, 9.17) is 9.05 Å². The lowest BCUT2D eigenvalue weighted by Gasteiger charge is -2.31. The quantitative estimate of drug-likeness (QED) is 0.604. The van der Waals surface area contributed by atoms with Gasteiger partial charge in [0.15, 0.2) is 5.85 Å². The highest BCUT2D eigenvalue weighted by Crippen LogP contribution is 2.54. The molecular formula is C15H20NO6P. The minimum Gasteiger partial charge on any atom is -0.379 e. The van der Waals surface area contributed by atoms with Gasteiger partial charge in [0, 0.05) is 0 Å². The molecule has 8 heteroatoms. The summed E-state index contributed by atoms with van der Waals surface area (Å²) >= 11 is 0. The SMILES string of the molecule is CCOP(=O)(OCC)[C@@H](O)[C@@H](C)N1C(=O)c2ccccc2C1=O. The Balaban J connectivity index is 2.30. The maximum absolute atomic E-state index is 12.7. The largest absolute Gasteiger partial charge is 0.379 e. The van der Waals surface area contributed by atoms with Crippen LogP contribution in [0.25, 0.3) is 0 Å². The molecule has 2 atom stereocenters. The fraction of sp³-hybridized carbons (Fsp3) is 0.467. The minimum absolute atomic E-state index is 0.0726. The van der Waals surface area contributed by atoms with Gasteiger partial charge in [0.2, 0.25) is 0 Å². The first-order valence-corrected chi connectivity index (χ1v) is 9.02. The zero-order valence-electron chi connectivity index (χ0n) is 13.3. The number of aliphatic hydroxyl groups excluding tert-OH is 1. The molecule has 0 aliphatic carbocycles. The van der Waals surface area contributed by atoms with E-state index >= 15 is 0 Å². The molecule has 0 aromatic heterocycles. The van der Waals surface area contributed by atoms with Gasteiger partial charge in [-0.2, -0.15) is 0 Å². The van der Waals surface area contributed by atoms with Gasteiger partial charge in [-0.1, -0.05) is 12.1 Å². The second-order valence-electron chi connectivity index (χ2n) is 5.06. The van der Waals surface area contributed by atoms with Crippen molar-refractivity contribution in [2.24, 2.45) is 0 Å². The van der Waals surface area contributed by atoms with E-state index in [2.05, 4.69) is 0 Å². The van der Waals surface area contributed by atoms with Gasteiger partial charge in [0.1, 0.15) is 0 Å². The lowest BCUT2D eigenvalue weighted by Crippen LogP contribution is -2.45. The summed E-state index contributed by atoms with van der Waals surface area (Å²) in [5.74, 6) is -2.68. The summed E-state index contributed by atoms with van der Waals surface area (Å²) in [6, 6.07) is 5.34. The Labute approximate surface area is 134 Å². The third kappa shape index (κ3) is 3.10. The Bertz CT molecular complexity index is 616. The van der Waals surface area contributed by atoms with E-state index in [1.807, 2.05) is 0 Å². The number of imide groups is 1. The zero-order chi connectivity index (χ0) is 17.2. The lowest BCUT2D eigenvalue weighted by atomic mass is 10.1. The molecule has 1 aliphatic rings. The van der Waals surface area contributed by atoms with Crippen LogP contribution in [-0.2, 0) is 13.6 Å². The summed E-state index contributed by atoms with van der Waals surface area (Å²) in [7, 11) is -3.86. The maximum atomic E-state index is 12.7. The molecule has 0 saturated heterocycles. The molecule has 0 spiro atoms. The van der Waals surface area contributed by atoms with Crippen LogP contribution in [0, 0.1) is 0 Å². The van der Waals surface area contributed by atoms with E-state index in [1.54, 1.807) is 38.1 Å². The summed E-state index contributed by atoms with van der Waals surface area (Å²) in [4.78, 5) is 25.7. The van der Waals surface area contributed by atoms with Gasteiger partial charge < -0.3 is 14.2 Å². The molecule has 1 N–H and O–H groups in total. The van der Waals surface area contributed by atoms with Crippen LogP contribution < -0.4 is 0 Å². The van der Waals surface area contributed by atoms with Crippen LogP contribution in [0.4, 0.5) is 0 Å². The standard InChI is InChI=1S/C15H20NO6P/c1-4-21-23(20,22-5-2)15(19)10(3)16-13(17)11-8-6-7-9-12(11)14(16)18/h6-10,15,19H,4-5H2,1-3H3/t10-,15-/m1/s1. The number of benzene rings is 1. The van der Waals surface area contributed by atoms with Gasteiger partial charge in [-0.25, -0.2) is 0 Å². The number of rotatable bonds is 7. The van der Waals surface area contributed by atoms with Gasteiger partial charge in [-0.05, 0) is 32.9 Å². The first-order chi connectivity index (χ1) is 10.9. The van der Waals surface area contributed by atoms with E-state index < -0.39 is 31.3 Å². The minimum atomic E-state index is -3.86. The summed E-state index contributed by atoms with van der Waals surface area (Å²) in [5, 5.41) is 10.4. The fourth-order valence-corrected chi connectivity index (χ4v) is 4.29. The molecule has 1 aromatic rings. The number of hydrogen-bond acceptors (Lipinski definition) is 6. The summed E-state index contributed by atoms with van der Waals surface area (Å²) in [6.45, 7) is 4.82. The molecular weight excluding hydrogens is 321 g/mol. The number of amides is 2. The second-order valence-corrected chi connectivity index (χ2v) is 7.18. The molecule has 23 heavy (non-hydrogen) atoms. The highest BCUT2D eigenvalue weighted by atomic mass is 31.2. The average Bonchev–Trinajstić information content (AvgIpc) is 2.78. The Morgan fingerprint density at radius 1 is 1.09 bits per heavy atom. The zero-order valence-corrected chi connectivity index (χ0v) is 14.2. The van der Waals surface area contributed by atoms with Crippen LogP contribution in [0.3, 0.4) is 0 Å². The van der Waals surface area contributed by atoms with Gasteiger partial charge in [0.25, 0.3) is 11.8 Å². The van der Waals surface area contributed by atoms with Crippen LogP contribution in [0.2, 0.25) is 0 Å². The normalized spacial score (nSPS) is 17.3. The third-order valence-corrected chi connectivity index (χ3v) is 5.92. The Morgan fingerprint density at radius 2 is 1.52 bits per heavy atom. The average molecular weight is 341 g/mol. The van der Waals surface area contributed by atoms with Crippen molar-refractivity contribution in [2.75, 3.05) is 13.2 Å². The number of carbonyl (C=O) groups is 2. The molecule has 1 aromatic carbocycles. The number of aliphatic hydroxyl groups is 1. The predicted molar refractivity (Wildman–Crippen MR) is 83.3 cm³/mol. The molecule has 0 saturated carbocycles. The Morgan fingerprint density at radius 3 is 1.91 bits per heavy atom. The molecule has 1 aliphatic heterocycles. The van der Waals surface area contributed by atoms with Gasteiger partial charge in [0.05, 0.1) is 30.4 Å². The van der Waals surface area contributed by atoms with Crippen molar-refractivity contribution in [3.05, 3.63) is 35.4 Å². The highest BCUT2D eigenvalue weighted by Gasteiger charge is 2.47. The molecule has 0 fully saturated rings. The lowest BCUT2D eigenvalue weighted by molar-refractivity contribution is 0.0445. The first kappa shape index (κ1) is 17.8. The predicted octanol–water partition coefficient (Wildman–Crippen LogP) is 2.26. The Hall–Kier alpha value is -1.53. The molecule has 2 amide bonds. The van der Waals surface area contributed by atoms with Crippen molar-refractivity contribution in [1.29, 1.82) is 0 Å². The number of hydrogen-bond donors (Lipinski definition) is 1. The molecule has 0 bridgehead atoms. The van der Waals surface area contributed by atoms with Crippen LogP contribution in [0.5, 0.6) is 0 Å². The highest BCUT2D eigenvalue weighted by molar-refractivity contribution is 7.54. The fourth-order valence-electron chi connectivity index (χ4n) is 2.53. The smallest absolute Gasteiger partial charge is 0.360 e. The topological polar surface area (TPSA) is 93.1 Å². The second kappa shape index (κ2) is 6.93. The summed E-state index contributed by atoms with van der Waals surface area (Å²) < 4.78 is 22.8. The summed E-state index contributed by atoms with van der Waals surface area (Å²) in [5.41, 5.74) is 0.526. The number of nitrogens with zero attached hydrogens (tertiary/aromatic N) is 1. The monoisotopic (exact) mass is 341 g/mol. The molecule has 0 radical (unpaired) electrons. The first-order valence-electron chi connectivity index (χ1n) is 7.41. The van der Waals surface area contributed by atoms with E-state index in [-0.39, 0.29) is 24.3 Å². The summed E-state index contributed by atoms with van der Waals surface area (Å²) in [6.07, 6.45) is 0. The van der Waals surface area contributed by atoms with E-state index in [0.29, 0.717) is 0 Å². The molecule has 0 unspecified atom stereocenters. The third-order valence-electron chi connectivity index (χ3n) is 3.61. The van der Waals surface area contributed by atoms with Crippen LogP contribution in [0.15, 0.2) is 24.3 Å². The number of fused-ring (bicyclic) bond motifs is 1. The van der Waals surface area contributed by atoms with Crippen molar-refractivity contribution >= 4 is 19.4 Å². The van der Waals surface area contributed by atoms with Crippen LogP contribution in [-0.4, -0.2) is 46.9 Å². The van der Waals surface area contributed by atoms with E-state index in [9.17, 15) is 19.3 Å². The van der Waals surface area contributed by atoms with Crippen molar-refractivity contribution in [1.82, 2.24) is 4.90 Å². The number of carbonyl (C=O) groups excluding carboxylic acids is 2. The van der Waals surface area contributed by atoms with E-state index in [0.717, 1.165) is 4.90 Å². The van der Waals surface area contributed by atoms with Crippen LogP contribution >= 0.6 is 7.60 Å². The van der Waals surface area contributed by atoms with Crippen molar-refractivity contribution in [3.63, 3.8) is 0 Å². The van der Waals surface area contributed by atoms with Crippen LogP contribution in [0.1, 0.15) is 41.5 Å². The van der Waals surface area contributed by atoms with Crippen molar-refractivity contribution in [3.8, 4) is 0 Å². The molecule has 1 heterocycles.